The Bertz CT molecular complexity index is 1030. The van der Waals surface area contributed by atoms with E-state index in [4.69, 9.17) is 0 Å². The van der Waals surface area contributed by atoms with Crippen molar-refractivity contribution in [3.05, 3.63) is 66.0 Å². The van der Waals surface area contributed by atoms with Crippen LogP contribution in [0.5, 0.6) is 5.75 Å². The van der Waals surface area contributed by atoms with Crippen LogP contribution in [0.3, 0.4) is 0 Å². The summed E-state index contributed by atoms with van der Waals surface area (Å²) in [5.41, 5.74) is 0.917. The largest absolute Gasteiger partial charge is 0.434 e. The number of carbonyl (C=O) groups excluding carboxylic acids is 1. The second-order valence-electron chi connectivity index (χ2n) is 6.09. The van der Waals surface area contributed by atoms with Gasteiger partial charge in [0.05, 0.1) is 17.1 Å². The summed E-state index contributed by atoms with van der Waals surface area (Å²) in [6, 6.07) is 11.6. The van der Waals surface area contributed by atoms with Gasteiger partial charge in [-0.15, -0.1) is 0 Å². The third-order valence-electron chi connectivity index (χ3n) is 4.11. The molecule has 2 aromatic carbocycles. The number of nitrogens with one attached hydrogen (secondary N) is 1. The van der Waals surface area contributed by atoms with E-state index in [0.29, 0.717) is 5.52 Å². The van der Waals surface area contributed by atoms with Crippen LogP contribution >= 0.6 is 0 Å². The summed E-state index contributed by atoms with van der Waals surface area (Å²) in [4.78, 5) is 16.4. The zero-order chi connectivity index (χ0) is 21.0. The highest BCUT2D eigenvalue weighted by atomic mass is 19.3. The summed E-state index contributed by atoms with van der Waals surface area (Å²) in [6.45, 7) is -4.30. The molecule has 1 amide bonds. The maximum atomic E-state index is 13.5. The van der Waals surface area contributed by atoms with Gasteiger partial charge in [0.25, 0.3) is 0 Å². The summed E-state index contributed by atoms with van der Waals surface area (Å²) in [5.74, 6) is -0.680. The van der Waals surface area contributed by atoms with Crippen LogP contribution in [0.25, 0.3) is 17.1 Å². The first-order valence-electron chi connectivity index (χ1n) is 8.64. The number of rotatable bonds is 7. The van der Waals surface area contributed by atoms with Crippen LogP contribution in [0.2, 0.25) is 0 Å². The lowest BCUT2D eigenvalue weighted by Gasteiger charge is -2.15. The van der Waals surface area contributed by atoms with E-state index in [0.717, 1.165) is 10.6 Å². The summed E-state index contributed by atoms with van der Waals surface area (Å²) in [7, 11) is 0. The Labute approximate surface area is 163 Å². The van der Waals surface area contributed by atoms with E-state index in [1.54, 1.807) is 24.3 Å². The molecule has 152 valence electrons. The Kier molecular flexibility index (Phi) is 6.16. The van der Waals surface area contributed by atoms with Crippen LogP contribution in [-0.4, -0.2) is 22.1 Å². The lowest BCUT2D eigenvalue weighted by Crippen LogP contribution is -2.27. The Morgan fingerprint density at radius 3 is 2.52 bits per heavy atom. The number of ether oxygens (including phenoxy) is 1. The maximum Gasteiger partial charge on any atom is 0.387 e. The molecule has 0 spiro atoms. The van der Waals surface area contributed by atoms with Crippen LogP contribution in [0, 0.1) is 0 Å². The molecule has 9 heteroatoms. The molecule has 0 aliphatic carbocycles. The van der Waals surface area contributed by atoms with Gasteiger partial charge in [-0.1, -0.05) is 30.3 Å². The minimum Gasteiger partial charge on any atom is -0.434 e. The molecule has 29 heavy (non-hydrogen) atoms. The third kappa shape index (κ3) is 4.74. The molecular weight excluding hydrogens is 390 g/mol. The molecule has 1 heterocycles. The van der Waals surface area contributed by atoms with E-state index in [2.05, 4.69) is 15.0 Å². The highest BCUT2D eigenvalue weighted by Gasteiger charge is 2.22. The molecule has 0 saturated heterocycles. The van der Waals surface area contributed by atoms with Gasteiger partial charge in [0.1, 0.15) is 11.6 Å². The Morgan fingerprint density at radius 2 is 1.79 bits per heavy atom. The average molecular weight is 407 g/mol. The summed E-state index contributed by atoms with van der Waals surface area (Å²) in [5, 5.41) is 2.55. The molecule has 1 atom stereocenters. The van der Waals surface area contributed by atoms with E-state index in [-0.39, 0.29) is 22.7 Å². The van der Waals surface area contributed by atoms with Crippen molar-refractivity contribution >= 4 is 23.0 Å². The van der Waals surface area contributed by atoms with E-state index in [9.17, 15) is 22.4 Å². The average Bonchev–Trinajstić information content (AvgIpc) is 3.07. The van der Waals surface area contributed by atoms with Crippen LogP contribution in [-0.2, 0) is 4.79 Å². The Hall–Kier alpha value is -3.36. The van der Waals surface area contributed by atoms with Crippen molar-refractivity contribution in [2.45, 2.75) is 26.1 Å². The predicted molar refractivity (Wildman–Crippen MR) is 99.7 cm³/mol. The Morgan fingerprint density at radius 1 is 1.10 bits per heavy atom. The lowest BCUT2D eigenvalue weighted by molar-refractivity contribution is -0.117. The summed E-state index contributed by atoms with van der Waals surface area (Å²) >= 11 is 0. The lowest BCUT2D eigenvalue weighted by atomic mass is 10.2. The maximum absolute atomic E-state index is 13.5. The van der Waals surface area contributed by atoms with E-state index in [1.807, 2.05) is 0 Å². The van der Waals surface area contributed by atoms with Gasteiger partial charge in [-0.05, 0) is 31.2 Å². The number of aromatic nitrogens is 2. The van der Waals surface area contributed by atoms with Gasteiger partial charge in [0.15, 0.2) is 0 Å². The molecule has 0 bridgehead atoms. The summed E-state index contributed by atoms with van der Waals surface area (Å²) < 4.78 is 57.1. The first-order chi connectivity index (χ1) is 13.9. The molecule has 0 saturated carbocycles. The first-order valence-corrected chi connectivity index (χ1v) is 8.64. The first kappa shape index (κ1) is 20.4. The van der Waals surface area contributed by atoms with Crippen molar-refractivity contribution in [1.29, 1.82) is 0 Å². The molecule has 0 aliphatic heterocycles. The zero-order valence-corrected chi connectivity index (χ0v) is 15.2. The van der Waals surface area contributed by atoms with Crippen molar-refractivity contribution in [2.75, 3.05) is 0 Å². The molecule has 0 radical (unpaired) electrons. The van der Waals surface area contributed by atoms with Crippen LogP contribution < -0.4 is 10.1 Å². The number of alkyl halides is 4. The van der Waals surface area contributed by atoms with Gasteiger partial charge in [-0.25, -0.2) is 4.98 Å². The van der Waals surface area contributed by atoms with Crippen molar-refractivity contribution in [1.82, 2.24) is 14.9 Å². The molecule has 1 unspecified atom stereocenters. The minimum absolute atomic E-state index is 0.00406. The van der Waals surface area contributed by atoms with Gasteiger partial charge < -0.3 is 10.1 Å². The van der Waals surface area contributed by atoms with Gasteiger partial charge in [-0.3, -0.25) is 9.36 Å². The smallest absolute Gasteiger partial charge is 0.387 e. The standard InChI is InChI=1S/C20H17F4N3O2/c1-12(18-26-14-7-3-4-8-15(14)27(18)19(21)22)25-17(28)11-10-13-6-2-5-9-16(13)29-20(23)24/h2-12,19-20H,1H3,(H,25,28)/b11-10+. The zero-order valence-electron chi connectivity index (χ0n) is 15.2. The van der Waals surface area contributed by atoms with Crippen molar-refractivity contribution in [3.63, 3.8) is 0 Å². The number of imidazole rings is 1. The molecular formula is C20H17F4N3O2. The van der Waals surface area contributed by atoms with Gasteiger partial charge in [-0.2, -0.15) is 17.6 Å². The SMILES string of the molecule is CC(NC(=O)/C=C/c1ccccc1OC(F)F)c1nc2ccccc2n1C(F)F. The monoisotopic (exact) mass is 407 g/mol. The molecule has 3 rings (SSSR count). The highest BCUT2D eigenvalue weighted by Crippen LogP contribution is 2.26. The normalized spacial score (nSPS) is 12.8. The van der Waals surface area contributed by atoms with E-state index < -0.39 is 25.1 Å². The number of para-hydroxylation sites is 3. The highest BCUT2D eigenvalue weighted by molar-refractivity contribution is 5.92. The third-order valence-corrected chi connectivity index (χ3v) is 4.11. The number of benzene rings is 2. The van der Waals surface area contributed by atoms with Crippen LogP contribution in [0.1, 0.15) is 30.9 Å². The van der Waals surface area contributed by atoms with Crippen molar-refractivity contribution in [3.8, 4) is 5.75 Å². The minimum atomic E-state index is -3.00. The molecule has 0 aliphatic rings. The fourth-order valence-corrected chi connectivity index (χ4v) is 2.89. The van der Waals surface area contributed by atoms with Gasteiger partial charge in [0.2, 0.25) is 5.91 Å². The fraction of sp³-hybridized carbons (Fsp3) is 0.200. The molecule has 1 aromatic heterocycles. The van der Waals surface area contributed by atoms with Crippen LogP contribution in [0.4, 0.5) is 17.6 Å². The number of fused-ring (bicyclic) bond motifs is 1. The van der Waals surface area contributed by atoms with Crippen molar-refractivity contribution < 1.29 is 27.1 Å². The van der Waals surface area contributed by atoms with Gasteiger partial charge in [0, 0.05) is 11.6 Å². The number of nitrogens with zero attached hydrogens (tertiary/aromatic N) is 2. The predicted octanol–water partition coefficient (Wildman–Crippen LogP) is 4.92. The summed E-state index contributed by atoms with van der Waals surface area (Å²) in [6.07, 6.45) is 2.41. The molecule has 5 nitrogen and oxygen atoms in total. The number of amides is 1. The van der Waals surface area contributed by atoms with E-state index in [1.165, 1.54) is 37.3 Å². The van der Waals surface area contributed by atoms with Crippen molar-refractivity contribution in [2.24, 2.45) is 0 Å². The number of halogens is 4. The molecule has 0 fully saturated rings. The molecule has 3 aromatic rings. The second-order valence-corrected chi connectivity index (χ2v) is 6.09. The van der Waals surface area contributed by atoms with E-state index >= 15 is 0 Å². The fourth-order valence-electron chi connectivity index (χ4n) is 2.89. The molecule has 1 N–H and O–H groups in total. The quantitative estimate of drug-likeness (QED) is 0.447. The number of hydrogen-bond acceptors (Lipinski definition) is 3. The number of hydrogen-bond donors (Lipinski definition) is 1. The van der Waals surface area contributed by atoms with Gasteiger partial charge >= 0.3 is 13.2 Å². The Balaban J connectivity index is 1.78. The number of carbonyl (C=O) groups is 1. The second kappa shape index (κ2) is 8.76. The van der Waals surface area contributed by atoms with Crippen LogP contribution in [0.15, 0.2) is 54.6 Å². The topological polar surface area (TPSA) is 56.1 Å².